The molecular formula is C14H21F3N4. The smallest absolute Gasteiger partial charge is 0.365 e. The fourth-order valence-corrected chi connectivity index (χ4v) is 2.18. The van der Waals surface area contributed by atoms with E-state index in [2.05, 4.69) is 36.1 Å². The van der Waals surface area contributed by atoms with Crippen molar-refractivity contribution in [1.29, 1.82) is 0 Å². The molecule has 4 nitrogen and oxygen atoms in total. The minimum atomic E-state index is -4.17. The third-order valence-electron chi connectivity index (χ3n) is 3.72. The minimum absolute atomic E-state index is 0.00230. The molecular weight excluding hydrogens is 281 g/mol. The average molecular weight is 302 g/mol. The molecule has 7 heteroatoms. The number of anilines is 1. The molecule has 1 saturated heterocycles. The van der Waals surface area contributed by atoms with Crippen molar-refractivity contribution >= 4 is 5.82 Å². The van der Waals surface area contributed by atoms with Crippen LogP contribution in [-0.4, -0.2) is 46.2 Å². The summed E-state index contributed by atoms with van der Waals surface area (Å²) in [6.07, 6.45) is -2.68. The molecule has 1 fully saturated rings. The van der Waals surface area contributed by atoms with Gasteiger partial charge in [-0.25, -0.2) is 9.97 Å². The molecule has 0 aromatic carbocycles. The Kier molecular flexibility index (Phi) is 4.15. The number of hydrogen-bond donors (Lipinski definition) is 1. The van der Waals surface area contributed by atoms with Crippen molar-refractivity contribution in [3.63, 3.8) is 0 Å². The maximum absolute atomic E-state index is 12.6. The highest BCUT2D eigenvalue weighted by Gasteiger charge is 2.44. The van der Waals surface area contributed by atoms with Gasteiger partial charge in [0.05, 0.1) is 11.7 Å². The van der Waals surface area contributed by atoms with Crippen LogP contribution in [0.25, 0.3) is 0 Å². The van der Waals surface area contributed by atoms with Crippen LogP contribution in [0.4, 0.5) is 19.0 Å². The molecule has 0 bridgehead atoms. The van der Waals surface area contributed by atoms with E-state index in [4.69, 9.17) is 0 Å². The van der Waals surface area contributed by atoms with Crippen LogP contribution in [0.2, 0.25) is 0 Å². The molecule has 0 unspecified atom stereocenters. The first-order valence-corrected chi connectivity index (χ1v) is 6.97. The lowest BCUT2D eigenvalue weighted by Gasteiger charge is -2.43. The topological polar surface area (TPSA) is 41.0 Å². The Bertz CT molecular complexity index is 490. The van der Waals surface area contributed by atoms with E-state index < -0.39 is 12.2 Å². The molecule has 1 aromatic rings. The van der Waals surface area contributed by atoms with E-state index in [1.807, 2.05) is 6.07 Å². The molecule has 1 aliphatic rings. The quantitative estimate of drug-likeness (QED) is 0.932. The highest BCUT2D eigenvalue weighted by molar-refractivity contribution is 5.38. The lowest BCUT2D eigenvalue weighted by Crippen LogP contribution is -2.61. The molecule has 2 rings (SSSR count). The summed E-state index contributed by atoms with van der Waals surface area (Å²) < 4.78 is 37.7. The zero-order valence-electron chi connectivity index (χ0n) is 12.7. The third kappa shape index (κ3) is 3.84. The lowest BCUT2D eigenvalue weighted by atomic mass is 9.92. The summed E-state index contributed by atoms with van der Waals surface area (Å²) in [6.45, 7) is 8.09. The summed E-state index contributed by atoms with van der Waals surface area (Å²) in [4.78, 5) is 9.76. The molecule has 0 aliphatic carbocycles. The second-order valence-electron chi connectivity index (χ2n) is 6.55. The molecule has 1 N–H and O–H groups in total. The second kappa shape index (κ2) is 5.44. The van der Waals surface area contributed by atoms with Gasteiger partial charge >= 0.3 is 6.18 Å². The summed E-state index contributed by atoms with van der Waals surface area (Å²) >= 11 is 0. The summed E-state index contributed by atoms with van der Waals surface area (Å²) in [6, 6.07) is 0.458. The monoisotopic (exact) mass is 302 g/mol. The first kappa shape index (κ1) is 16.0. The first-order valence-electron chi connectivity index (χ1n) is 6.97. The Hall–Kier alpha value is -1.37. The predicted octanol–water partition coefficient (Wildman–Crippen LogP) is 2.82. The van der Waals surface area contributed by atoms with Gasteiger partial charge in [0.1, 0.15) is 18.2 Å². The maximum Gasteiger partial charge on any atom is 0.403 e. The molecule has 0 spiro atoms. The van der Waals surface area contributed by atoms with Gasteiger partial charge in [-0.2, -0.15) is 13.2 Å². The molecule has 21 heavy (non-hydrogen) atoms. The highest BCUT2D eigenvalue weighted by Crippen LogP contribution is 2.29. The van der Waals surface area contributed by atoms with Crippen LogP contribution in [0, 0.1) is 0 Å². The third-order valence-corrected chi connectivity index (χ3v) is 3.72. The van der Waals surface area contributed by atoms with E-state index >= 15 is 0 Å². The molecule has 0 amide bonds. The molecule has 1 aromatic heterocycles. The lowest BCUT2D eigenvalue weighted by molar-refractivity contribution is -0.188. The number of halogens is 3. The molecule has 0 saturated carbocycles. The summed E-state index contributed by atoms with van der Waals surface area (Å²) in [5, 5.41) is 3.17. The maximum atomic E-state index is 12.6. The zero-order chi connectivity index (χ0) is 15.8. The van der Waals surface area contributed by atoms with Crippen LogP contribution in [-0.2, 0) is 5.41 Å². The Balaban J connectivity index is 1.91. The Morgan fingerprint density at radius 1 is 1.24 bits per heavy atom. The van der Waals surface area contributed by atoms with Gasteiger partial charge in [-0.15, -0.1) is 0 Å². The second-order valence-corrected chi connectivity index (χ2v) is 6.55. The van der Waals surface area contributed by atoms with Gasteiger partial charge in [0.15, 0.2) is 0 Å². The summed E-state index contributed by atoms with van der Waals surface area (Å²) in [5.74, 6) is 0.666. The number of nitrogens with one attached hydrogen (secondary N) is 1. The van der Waals surface area contributed by atoms with E-state index in [1.54, 1.807) is 0 Å². The minimum Gasteiger partial charge on any atom is -0.365 e. The van der Waals surface area contributed by atoms with E-state index in [9.17, 15) is 13.2 Å². The van der Waals surface area contributed by atoms with Crippen molar-refractivity contribution in [2.24, 2.45) is 0 Å². The number of alkyl halides is 3. The van der Waals surface area contributed by atoms with E-state index in [0.717, 1.165) is 5.69 Å². The normalized spacial score (nSPS) is 19.2. The number of rotatable bonds is 3. The number of nitrogens with zero attached hydrogens (tertiary/aromatic N) is 3. The van der Waals surface area contributed by atoms with Crippen LogP contribution in [0.5, 0.6) is 0 Å². The van der Waals surface area contributed by atoms with Gasteiger partial charge in [0.2, 0.25) is 0 Å². The van der Waals surface area contributed by atoms with Crippen LogP contribution < -0.4 is 5.32 Å². The molecule has 1 aliphatic heterocycles. The Morgan fingerprint density at radius 3 is 2.38 bits per heavy atom. The number of hydrogen-bond acceptors (Lipinski definition) is 4. The molecule has 118 valence electrons. The van der Waals surface area contributed by atoms with Crippen molar-refractivity contribution < 1.29 is 13.2 Å². The van der Waals surface area contributed by atoms with Gasteiger partial charge in [0, 0.05) is 24.6 Å². The number of aromatic nitrogens is 2. The van der Waals surface area contributed by atoms with Crippen LogP contribution in [0.3, 0.4) is 0 Å². The Morgan fingerprint density at radius 2 is 1.86 bits per heavy atom. The van der Waals surface area contributed by atoms with Crippen LogP contribution in [0.15, 0.2) is 12.4 Å². The van der Waals surface area contributed by atoms with Crippen LogP contribution >= 0.6 is 0 Å². The van der Waals surface area contributed by atoms with Crippen LogP contribution in [0.1, 0.15) is 33.4 Å². The zero-order valence-corrected chi connectivity index (χ0v) is 12.7. The van der Waals surface area contributed by atoms with Crippen molar-refractivity contribution in [1.82, 2.24) is 14.9 Å². The van der Waals surface area contributed by atoms with E-state index in [-0.39, 0.29) is 11.5 Å². The van der Waals surface area contributed by atoms with Gasteiger partial charge in [-0.3, -0.25) is 4.90 Å². The van der Waals surface area contributed by atoms with E-state index in [1.165, 1.54) is 18.2 Å². The van der Waals surface area contributed by atoms with Gasteiger partial charge in [-0.1, -0.05) is 20.8 Å². The van der Waals surface area contributed by atoms with Crippen molar-refractivity contribution in [2.75, 3.05) is 18.4 Å². The summed E-state index contributed by atoms with van der Waals surface area (Å²) in [7, 11) is 0. The van der Waals surface area contributed by atoms with Gasteiger partial charge in [-0.05, 0) is 6.92 Å². The van der Waals surface area contributed by atoms with E-state index in [0.29, 0.717) is 18.9 Å². The Labute approximate surface area is 122 Å². The predicted molar refractivity (Wildman–Crippen MR) is 75.2 cm³/mol. The first-order chi connectivity index (χ1) is 9.57. The number of likely N-dealkylation sites (tertiary alicyclic amines) is 1. The SMILES string of the molecule is C[C@H](N1CC(Nc2cc(C(C)(C)C)ncn2)C1)C(F)(F)F. The van der Waals surface area contributed by atoms with Gasteiger partial charge < -0.3 is 5.32 Å². The molecule has 0 radical (unpaired) electrons. The standard InChI is InChI=1S/C14H21F3N4/c1-9(14(15,16)17)21-6-10(7-21)20-12-5-11(13(2,3)4)18-8-19-12/h5,8-10H,6-7H2,1-4H3,(H,18,19,20)/t9-/m0/s1. The largest absolute Gasteiger partial charge is 0.403 e. The van der Waals surface area contributed by atoms with Crippen molar-refractivity contribution in [3.8, 4) is 0 Å². The highest BCUT2D eigenvalue weighted by atomic mass is 19.4. The average Bonchev–Trinajstić information content (AvgIpc) is 2.30. The van der Waals surface area contributed by atoms with Crippen molar-refractivity contribution in [3.05, 3.63) is 18.1 Å². The molecule has 1 atom stereocenters. The fourth-order valence-electron chi connectivity index (χ4n) is 2.18. The van der Waals surface area contributed by atoms with Crippen molar-refractivity contribution in [2.45, 2.75) is 51.4 Å². The summed E-state index contributed by atoms with van der Waals surface area (Å²) in [5.41, 5.74) is 0.815. The fraction of sp³-hybridized carbons (Fsp3) is 0.714. The molecule has 2 heterocycles. The van der Waals surface area contributed by atoms with Gasteiger partial charge in [0.25, 0.3) is 0 Å².